The van der Waals surface area contributed by atoms with Crippen molar-refractivity contribution in [2.45, 2.75) is 103 Å². The highest BCUT2D eigenvalue weighted by molar-refractivity contribution is 5.81. The number of rotatable bonds is 5. The number of aliphatic hydroxyl groups excluding tert-OH is 1. The highest BCUT2D eigenvalue weighted by Crippen LogP contribution is 2.48. The van der Waals surface area contributed by atoms with Gasteiger partial charge in [0, 0.05) is 0 Å². The van der Waals surface area contributed by atoms with E-state index in [0.717, 1.165) is 64.2 Å². The molecule has 3 aliphatic carbocycles. The predicted octanol–water partition coefficient (Wildman–Crippen LogP) is 4.56. The normalized spacial score (nSPS) is 37.2. The number of aliphatic hydroxyl groups is 1. The van der Waals surface area contributed by atoms with Crippen molar-refractivity contribution in [1.29, 1.82) is 0 Å². The molecule has 5 heteroatoms. The summed E-state index contributed by atoms with van der Waals surface area (Å²) in [5.41, 5.74) is 0.257. The van der Waals surface area contributed by atoms with Crippen LogP contribution in [-0.2, 0) is 14.3 Å². The molecule has 2 N–H and O–H groups in total. The molecule has 0 amide bonds. The van der Waals surface area contributed by atoms with E-state index in [1.54, 1.807) is 0 Å². The molecule has 0 saturated heterocycles. The standard InChI is InChI=1S/C23H38O5/c1-23(2,15-7-11-17(24)12-8-15)16-9-13-18(14-10-16)28-22(27)20-6-4-3-5-19(20)21(25)26/h15-20,24H,3-14H2,1-2H3,(H,25,26)/t15?,16?,17?,18?,19-,20-/m0/s1. The first-order chi connectivity index (χ1) is 13.3. The third kappa shape index (κ3) is 4.90. The molecule has 0 bridgehead atoms. The Kier molecular flexibility index (Phi) is 7.06. The van der Waals surface area contributed by atoms with Crippen LogP contribution in [0.15, 0.2) is 0 Å². The topological polar surface area (TPSA) is 83.8 Å². The molecule has 28 heavy (non-hydrogen) atoms. The van der Waals surface area contributed by atoms with Gasteiger partial charge in [0.2, 0.25) is 0 Å². The zero-order chi connectivity index (χ0) is 20.3. The second-order valence-electron chi connectivity index (χ2n) is 10.1. The molecule has 3 saturated carbocycles. The highest BCUT2D eigenvalue weighted by atomic mass is 16.5. The van der Waals surface area contributed by atoms with Crippen molar-refractivity contribution >= 4 is 11.9 Å². The Morgan fingerprint density at radius 2 is 1.29 bits per heavy atom. The van der Waals surface area contributed by atoms with Crippen molar-refractivity contribution in [1.82, 2.24) is 0 Å². The average molecular weight is 395 g/mol. The smallest absolute Gasteiger partial charge is 0.310 e. The van der Waals surface area contributed by atoms with Crippen molar-refractivity contribution in [3.8, 4) is 0 Å². The number of carbonyl (C=O) groups is 2. The number of aliphatic carboxylic acids is 1. The zero-order valence-electron chi connectivity index (χ0n) is 17.6. The molecule has 3 rings (SSSR count). The first-order valence-corrected chi connectivity index (χ1v) is 11.4. The third-order valence-electron chi connectivity index (χ3n) is 8.14. The maximum atomic E-state index is 12.6. The third-order valence-corrected chi connectivity index (χ3v) is 8.14. The summed E-state index contributed by atoms with van der Waals surface area (Å²) in [4.78, 5) is 24.1. The summed E-state index contributed by atoms with van der Waals surface area (Å²) in [6.45, 7) is 4.76. The maximum absolute atomic E-state index is 12.6. The van der Waals surface area contributed by atoms with Gasteiger partial charge in [0.1, 0.15) is 6.10 Å². The SMILES string of the molecule is CC(C)(C1CCC(O)CC1)C1CCC(OC(=O)[C@H]2CCCC[C@@H]2C(=O)O)CC1. The van der Waals surface area contributed by atoms with Crippen LogP contribution in [0.1, 0.15) is 90.9 Å². The van der Waals surface area contributed by atoms with Gasteiger partial charge in [0.25, 0.3) is 0 Å². The van der Waals surface area contributed by atoms with Gasteiger partial charge in [0.05, 0.1) is 17.9 Å². The molecule has 0 aromatic rings. The Hall–Kier alpha value is -1.10. The number of esters is 1. The predicted molar refractivity (Wildman–Crippen MR) is 107 cm³/mol. The van der Waals surface area contributed by atoms with Crippen molar-refractivity contribution < 1.29 is 24.5 Å². The summed E-state index contributed by atoms with van der Waals surface area (Å²) < 4.78 is 5.80. The minimum Gasteiger partial charge on any atom is -0.481 e. The van der Waals surface area contributed by atoms with Gasteiger partial charge in [-0.1, -0.05) is 26.7 Å². The summed E-state index contributed by atoms with van der Waals surface area (Å²) in [5, 5.41) is 19.2. The van der Waals surface area contributed by atoms with Crippen LogP contribution in [-0.4, -0.2) is 34.4 Å². The molecule has 160 valence electrons. The Balaban J connectivity index is 1.49. The molecule has 0 unspecified atom stereocenters. The lowest BCUT2D eigenvalue weighted by Gasteiger charge is -2.46. The molecule has 3 fully saturated rings. The van der Waals surface area contributed by atoms with Gasteiger partial charge < -0.3 is 14.9 Å². The fourth-order valence-corrected chi connectivity index (χ4v) is 6.04. The number of carboxylic acid groups (broad SMARTS) is 1. The molecule has 0 aliphatic heterocycles. The lowest BCUT2D eigenvalue weighted by molar-refractivity contribution is -0.165. The van der Waals surface area contributed by atoms with E-state index in [9.17, 15) is 19.8 Å². The molecule has 5 nitrogen and oxygen atoms in total. The molecular formula is C23H38O5. The van der Waals surface area contributed by atoms with E-state index in [2.05, 4.69) is 13.8 Å². The fraction of sp³-hybridized carbons (Fsp3) is 0.913. The molecular weight excluding hydrogens is 356 g/mol. The van der Waals surface area contributed by atoms with Crippen LogP contribution in [0.5, 0.6) is 0 Å². The number of hydrogen-bond donors (Lipinski definition) is 2. The van der Waals surface area contributed by atoms with Crippen LogP contribution < -0.4 is 0 Å². The van der Waals surface area contributed by atoms with Crippen LogP contribution in [0.3, 0.4) is 0 Å². The van der Waals surface area contributed by atoms with Gasteiger partial charge in [-0.3, -0.25) is 9.59 Å². The van der Waals surface area contributed by atoms with Gasteiger partial charge >= 0.3 is 11.9 Å². The minimum absolute atomic E-state index is 0.0518. The van der Waals surface area contributed by atoms with Crippen LogP contribution in [0.4, 0.5) is 0 Å². The molecule has 0 aromatic carbocycles. The van der Waals surface area contributed by atoms with Crippen molar-refractivity contribution in [2.75, 3.05) is 0 Å². The van der Waals surface area contributed by atoms with E-state index in [-0.39, 0.29) is 23.6 Å². The largest absolute Gasteiger partial charge is 0.481 e. The van der Waals surface area contributed by atoms with E-state index in [0.29, 0.717) is 24.7 Å². The first kappa shape index (κ1) is 21.6. The monoisotopic (exact) mass is 394 g/mol. The summed E-state index contributed by atoms with van der Waals surface area (Å²) in [5.74, 6) is -0.879. The van der Waals surface area contributed by atoms with E-state index >= 15 is 0 Å². The quantitative estimate of drug-likeness (QED) is 0.668. The van der Waals surface area contributed by atoms with Gasteiger partial charge in [-0.2, -0.15) is 0 Å². The average Bonchev–Trinajstić information content (AvgIpc) is 2.68. The Labute approximate surface area is 169 Å². The van der Waals surface area contributed by atoms with E-state index < -0.39 is 17.8 Å². The lowest BCUT2D eigenvalue weighted by Crippen LogP contribution is -2.40. The van der Waals surface area contributed by atoms with Crippen molar-refractivity contribution in [3.05, 3.63) is 0 Å². The number of carboxylic acids is 1. The van der Waals surface area contributed by atoms with Crippen molar-refractivity contribution in [3.63, 3.8) is 0 Å². The van der Waals surface area contributed by atoms with Gasteiger partial charge in [-0.15, -0.1) is 0 Å². The summed E-state index contributed by atoms with van der Waals surface area (Å²) >= 11 is 0. The summed E-state index contributed by atoms with van der Waals surface area (Å²) in [7, 11) is 0. The van der Waals surface area contributed by atoms with Crippen LogP contribution in [0.2, 0.25) is 0 Å². The minimum atomic E-state index is -0.857. The van der Waals surface area contributed by atoms with Crippen LogP contribution in [0, 0.1) is 29.1 Å². The number of hydrogen-bond acceptors (Lipinski definition) is 4. The molecule has 0 spiro atoms. The Morgan fingerprint density at radius 1 is 0.786 bits per heavy atom. The second kappa shape index (κ2) is 9.15. The summed E-state index contributed by atoms with van der Waals surface area (Å²) in [6.07, 6.45) is 10.9. The van der Waals surface area contributed by atoms with Crippen LogP contribution >= 0.6 is 0 Å². The van der Waals surface area contributed by atoms with E-state index in [1.165, 1.54) is 0 Å². The highest BCUT2D eigenvalue weighted by Gasteiger charge is 2.42. The fourth-order valence-electron chi connectivity index (χ4n) is 6.04. The Morgan fingerprint density at radius 3 is 1.82 bits per heavy atom. The molecule has 0 heterocycles. The lowest BCUT2D eigenvalue weighted by atomic mass is 9.60. The van der Waals surface area contributed by atoms with Gasteiger partial charge in [-0.05, 0) is 81.5 Å². The van der Waals surface area contributed by atoms with E-state index in [4.69, 9.17) is 4.74 Å². The van der Waals surface area contributed by atoms with Gasteiger partial charge in [-0.25, -0.2) is 0 Å². The number of carbonyl (C=O) groups excluding carboxylic acids is 1. The molecule has 0 radical (unpaired) electrons. The first-order valence-electron chi connectivity index (χ1n) is 11.4. The maximum Gasteiger partial charge on any atom is 0.310 e. The second-order valence-corrected chi connectivity index (χ2v) is 10.1. The zero-order valence-corrected chi connectivity index (χ0v) is 17.6. The van der Waals surface area contributed by atoms with E-state index in [1.807, 2.05) is 0 Å². The molecule has 2 atom stereocenters. The van der Waals surface area contributed by atoms with Crippen LogP contribution in [0.25, 0.3) is 0 Å². The number of ether oxygens (including phenoxy) is 1. The summed E-state index contributed by atoms with van der Waals surface area (Å²) in [6, 6.07) is 0. The van der Waals surface area contributed by atoms with Gasteiger partial charge in [0.15, 0.2) is 0 Å². The Bertz CT molecular complexity index is 541. The van der Waals surface area contributed by atoms with Crippen molar-refractivity contribution in [2.24, 2.45) is 29.1 Å². The molecule has 3 aliphatic rings. The molecule has 0 aromatic heterocycles.